The van der Waals surface area contributed by atoms with Gasteiger partial charge < -0.3 is 4.57 Å². The van der Waals surface area contributed by atoms with Crippen LogP contribution in [0.3, 0.4) is 0 Å². The van der Waals surface area contributed by atoms with Crippen molar-refractivity contribution in [1.82, 2.24) is 4.57 Å². The highest BCUT2D eigenvalue weighted by Gasteiger charge is 2.09. The molecule has 0 saturated carbocycles. The maximum atomic E-state index is 13.3. The second-order valence-corrected chi connectivity index (χ2v) is 5.69. The molecule has 0 amide bonds. The van der Waals surface area contributed by atoms with E-state index in [1.54, 1.807) is 19.1 Å². The van der Waals surface area contributed by atoms with E-state index < -0.39 is 0 Å². The molecule has 0 saturated heterocycles. The predicted octanol–water partition coefficient (Wildman–Crippen LogP) is 5.29. The van der Waals surface area contributed by atoms with Crippen molar-refractivity contribution < 1.29 is 4.39 Å². The van der Waals surface area contributed by atoms with Crippen LogP contribution in [0.1, 0.15) is 22.5 Å². The van der Waals surface area contributed by atoms with Crippen molar-refractivity contribution in [3.63, 3.8) is 0 Å². The molecule has 3 rings (SSSR count). The standard InChI is InChI=1S/C20H19FN2/c1-14-11-18(9-10-20(14)21)22-13-17-12-15(2)23(16(17)3)19-7-5-4-6-8-19/h4-13H,1-3H3. The number of hydrogen-bond donors (Lipinski definition) is 0. The summed E-state index contributed by atoms with van der Waals surface area (Å²) in [6.07, 6.45) is 1.84. The molecule has 1 aromatic heterocycles. The zero-order valence-corrected chi connectivity index (χ0v) is 13.5. The van der Waals surface area contributed by atoms with Gasteiger partial charge in [-0.2, -0.15) is 0 Å². The van der Waals surface area contributed by atoms with E-state index >= 15 is 0 Å². The Morgan fingerprint density at radius 3 is 2.39 bits per heavy atom. The van der Waals surface area contributed by atoms with Crippen LogP contribution in [-0.4, -0.2) is 10.8 Å². The summed E-state index contributed by atoms with van der Waals surface area (Å²) in [7, 11) is 0. The lowest BCUT2D eigenvalue weighted by Gasteiger charge is -2.08. The van der Waals surface area contributed by atoms with E-state index in [2.05, 4.69) is 41.6 Å². The first-order valence-electron chi connectivity index (χ1n) is 7.61. The molecule has 0 atom stereocenters. The first-order chi connectivity index (χ1) is 11.1. The lowest BCUT2D eigenvalue weighted by Crippen LogP contribution is -1.98. The molecule has 0 N–H and O–H groups in total. The van der Waals surface area contributed by atoms with Gasteiger partial charge in [0.1, 0.15) is 5.82 Å². The van der Waals surface area contributed by atoms with Crippen LogP contribution in [0.4, 0.5) is 10.1 Å². The number of para-hydroxylation sites is 1. The van der Waals surface area contributed by atoms with E-state index in [9.17, 15) is 4.39 Å². The number of aliphatic imine (C=N–C) groups is 1. The van der Waals surface area contributed by atoms with Crippen LogP contribution in [-0.2, 0) is 0 Å². The average molecular weight is 306 g/mol. The predicted molar refractivity (Wildman–Crippen MR) is 93.6 cm³/mol. The molecule has 0 aliphatic rings. The average Bonchev–Trinajstić information content (AvgIpc) is 2.83. The fourth-order valence-electron chi connectivity index (χ4n) is 2.75. The molecule has 0 radical (unpaired) electrons. The van der Waals surface area contributed by atoms with E-state index in [1.165, 1.54) is 6.07 Å². The molecule has 0 fully saturated rings. The topological polar surface area (TPSA) is 17.3 Å². The van der Waals surface area contributed by atoms with Gasteiger partial charge in [0.15, 0.2) is 0 Å². The molecule has 3 heteroatoms. The summed E-state index contributed by atoms with van der Waals surface area (Å²) in [5.41, 5.74) is 5.86. The van der Waals surface area contributed by atoms with Gasteiger partial charge in [0.25, 0.3) is 0 Å². The molecular weight excluding hydrogens is 287 g/mol. The SMILES string of the molecule is Cc1cc(N=Cc2cc(C)n(-c3ccccc3)c2C)ccc1F. The molecule has 3 aromatic rings. The van der Waals surface area contributed by atoms with Gasteiger partial charge >= 0.3 is 0 Å². The van der Waals surface area contributed by atoms with Gasteiger partial charge in [0, 0.05) is 28.9 Å². The molecule has 0 aliphatic carbocycles. The van der Waals surface area contributed by atoms with E-state index in [1.807, 2.05) is 24.4 Å². The van der Waals surface area contributed by atoms with Gasteiger partial charge in [-0.15, -0.1) is 0 Å². The Balaban J connectivity index is 1.95. The Morgan fingerprint density at radius 1 is 0.957 bits per heavy atom. The largest absolute Gasteiger partial charge is 0.318 e. The van der Waals surface area contributed by atoms with Gasteiger partial charge in [0.05, 0.1) is 5.69 Å². The van der Waals surface area contributed by atoms with Crippen molar-refractivity contribution >= 4 is 11.9 Å². The summed E-state index contributed by atoms with van der Waals surface area (Å²) in [6, 6.07) is 17.3. The van der Waals surface area contributed by atoms with Crippen molar-refractivity contribution in [3.05, 3.63) is 82.9 Å². The van der Waals surface area contributed by atoms with Gasteiger partial charge in [-0.1, -0.05) is 18.2 Å². The fourth-order valence-corrected chi connectivity index (χ4v) is 2.75. The summed E-state index contributed by atoms with van der Waals surface area (Å²) in [5.74, 6) is -0.203. The Bertz CT molecular complexity index is 861. The summed E-state index contributed by atoms with van der Waals surface area (Å²) in [5, 5.41) is 0. The molecule has 0 unspecified atom stereocenters. The second kappa shape index (κ2) is 6.21. The lowest BCUT2D eigenvalue weighted by atomic mass is 10.2. The van der Waals surface area contributed by atoms with Crippen LogP contribution in [0.25, 0.3) is 5.69 Å². The zero-order chi connectivity index (χ0) is 16.4. The monoisotopic (exact) mass is 306 g/mol. The van der Waals surface area contributed by atoms with Crippen molar-refractivity contribution in [1.29, 1.82) is 0 Å². The highest BCUT2D eigenvalue weighted by molar-refractivity contribution is 5.84. The molecular formula is C20H19FN2. The van der Waals surface area contributed by atoms with Crippen molar-refractivity contribution in [2.24, 2.45) is 4.99 Å². The van der Waals surface area contributed by atoms with Crippen LogP contribution in [0.5, 0.6) is 0 Å². The molecule has 0 aliphatic heterocycles. The second-order valence-electron chi connectivity index (χ2n) is 5.69. The maximum Gasteiger partial charge on any atom is 0.126 e. The third-order valence-corrected chi connectivity index (χ3v) is 3.98. The number of rotatable bonds is 3. The van der Waals surface area contributed by atoms with Crippen LogP contribution >= 0.6 is 0 Å². The molecule has 116 valence electrons. The summed E-state index contributed by atoms with van der Waals surface area (Å²) < 4.78 is 15.5. The number of benzene rings is 2. The minimum Gasteiger partial charge on any atom is -0.318 e. The molecule has 0 bridgehead atoms. The number of aromatic nitrogens is 1. The molecule has 2 nitrogen and oxygen atoms in total. The summed E-state index contributed by atoms with van der Waals surface area (Å²) in [6.45, 7) is 5.91. The maximum absolute atomic E-state index is 13.3. The van der Waals surface area contributed by atoms with Crippen LogP contribution < -0.4 is 0 Å². The van der Waals surface area contributed by atoms with Crippen LogP contribution in [0.2, 0.25) is 0 Å². The van der Waals surface area contributed by atoms with Gasteiger partial charge in [-0.05, 0) is 62.7 Å². The van der Waals surface area contributed by atoms with E-state index in [4.69, 9.17) is 0 Å². The Hall–Kier alpha value is -2.68. The van der Waals surface area contributed by atoms with Gasteiger partial charge in [0.2, 0.25) is 0 Å². The van der Waals surface area contributed by atoms with Gasteiger partial charge in [-0.3, -0.25) is 4.99 Å². The third kappa shape index (κ3) is 3.09. The summed E-state index contributed by atoms with van der Waals surface area (Å²) in [4.78, 5) is 4.48. The fraction of sp³-hybridized carbons (Fsp3) is 0.150. The highest BCUT2D eigenvalue weighted by atomic mass is 19.1. The molecule has 23 heavy (non-hydrogen) atoms. The highest BCUT2D eigenvalue weighted by Crippen LogP contribution is 2.21. The van der Waals surface area contributed by atoms with Crippen LogP contribution in [0.15, 0.2) is 59.6 Å². The van der Waals surface area contributed by atoms with E-state index in [-0.39, 0.29) is 5.82 Å². The van der Waals surface area contributed by atoms with Crippen molar-refractivity contribution in [2.45, 2.75) is 20.8 Å². The molecule has 2 aromatic carbocycles. The quantitative estimate of drug-likeness (QED) is 0.585. The smallest absolute Gasteiger partial charge is 0.126 e. The number of aryl methyl sites for hydroxylation is 2. The minimum atomic E-state index is -0.203. The first-order valence-corrected chi connectivity index (χ1v) is 7.61. The number of nitrogens with zero attached hydrogens (tertiary/aromatic N) is 2. The lowest BCUT2D eigenvalue weighted by molar-refractivity contribution is 0.618. The normalized spacial score (nSPS) is 11.3. The zero-order valence-electron chi connectivity index (χ0n) is 13.5. The van der Waals surface area contributed by atoms with Crippen LogP contribution in [0, 0.1) is 26.6 Å². The number of hydrogen-bond acceptors (Lipinski definition) is 1. The number of halogens is 1. The minimum absolute atomic E-state index is 0.203. The third-order valence-electron chi connectivity index (χ3n) is 3.98. The molecule has 1 heterocycles. The Morgan fingerprint density at radius 2 is 1.70 bits per heavy atom. The first kappa shape index (κ1) is 15.2. The summed E-state index contributed by atoms with van der Waals surface area (Å²) >= 11 is 0. The Kier molecular flexibility index (Phi) is 4.11. The van der Waals surface area contributed by atoms with E-state index in [0.717, 1.165) is 28.3 Å². The van der Waals surface area contributed by atoms with Crippen molar-refractivity contribution in [3.8, 4) is 5.69 Å². The van der Waals surface area contributed by atoms with Gasteiger partial charge in [-0.25, -0.2) is 4.39 Å². The Labute approximate surface area is 135 Å². The van der Waals surface area contributed by atoms with Crippen molar-refractivity contribution in [2.75, 3.05) is 0 Å². The van der Waals surface area contributed by atoms with E-state index in [0.29, 0.717) is 5.56 Å². The molecule has 0 spiro atoms.